The second-order valence-electron chi connectivity index (χ2n) is 6.79. The van der Waals surface area contributed by atoms with Crippen LogP contribution in [-0.4, -0.2) is 28.9 Å². The molecule has 1 aromatic heterocycles. The normalized spacial score (nSPS) is 11.8. The number of hydrogen-bond acceptors (Lipinski definition) is 5. The first-order valence-corrected chi connectivity index (χ1v) is 10.1. The van der Waals surface area contributed by atoms with Crippen molar-refractivity contribution in [3.05, 3.63) is 88.3 Å². The van der Waals surface area contributed by atoms with E-state index < -0.39 is 18.6 Å². The molecule has 32 heavy (non-hydrogen) atoms. The van der Waals surface area contributed by atoms with E-state index in [0.717, 1.165) is 4.68 Å². The van der Waals surface area contributed by atoms with Gasteiger partial charge in [0.1, 0.15) is 23.8 Å². The van der Waals surface area contributed by atoms with Crippen LogP contribution < -0.4 is 20.3 Å². The first-order valence-electron chi connectivity index (χ1n) is 10.1. The van der Waals surface area contributed by atoms with E-state index in [1.807, 2.05) is 18.2 Å². The van der Waals surface area contributed by atoms with Crippen molar-refractivity contribution in [3.63, 3.8) is 0 Å². The van der Waals surface area contributed by atoms with Gasteiger partial charge in [-0.3, -0.25) is 9.59 Å². The summed E-state index contributed by atoms with van der Waals surface area (Å²) in [6.45, 7) is -0.832. The Morgan fingerprint density at radius 1 is 1.06 bits per heavy atom. The molecule has 0 aliphatic heterocycles. The topological polar surface area (TPSA) is 82.5 Å². The quantitative estimate of drug-likeness (QED) is 0.515. The summed E-state index contributed by atoms with van der Waals surface area (Å²) in [7, 11) is 0. The molecular formula is C23H23F2N3O4. The zero-order chi connectivity index (χ0) is 22.9. The first-order chi connectivity index (χ1) is 15.5. The lowest BCUT2D eigenvalue weighted by Gasteiger charge is -2.20. The Balaban J connectivity index is 1.70. The molecule has 1 unspecified atom stereocenters. The highest BCUT2D eigenvalue weighted by molar-refractivity contribution is 5.92. The molecule has 7 nitrogen and oxygen atoms in total. The second kappa shape index (κ2) is 11.0. The van der Waals surface area contributed by atoms with E-state index in [0.29, 0.717) is 17.7 Å². The zero-order valence-corrected chi connectivity index (χ0v) is 17.4. The van der Waals surface area contributed by atoms with Crippen LogP contribution in [0.4, 0.5) is 8.78 Å². The maximum absolute atomic E-state index is 12.8. The van der Waals surface area contributed by atoms with Crippen molar-refractivity contribution in [3.8, 4) is 11.5 Å². The monoisotopic (exact) mass is 443 g/mol. The molecule has 3 rings (SSSR count). The van der Waals surface area contributed by atoms with Gasteiger partial charge >= 0.3 is 6.61 Å². The Hall–Kier alpha value is -3.75. The molecule has 1 N–H and O–H groups in total. The molecule has 1 heterocycles. The number of benzene rings is 2. The molecule has 1 atom stereocenters. The minimum atomic E-state index is -2.98. The van der Waals surface area contributed by atoms with Crippen LogP contribution in [0.1, 0.15) is 35.4 Å². The van der Waals surface area contributed by atoms with Crippen LogP contribution in [0, 0.1) is 0 Å². The van der Waals surface area contributed by atoms with E-state index in [1.54, 1.807) is 37.3 Å². The van der Waals surface area contributed by atoms with E-state index >= 15 is 0 Å². The number of ether oxygens (including phenoxy) is 2. The number of nitrogens with one attached hydrogen (secondary N) is 1. The molecular weight excluding hydrogens is 420 g/mol. The van der Waals surface area contributed by atoms with Crippen molar-refractivity contribution in [2.75, 3.05) is 6.61 Å². The predicted octanol–water partition coefficient (Wildman–Crippen LogP) is 3.80. The van der Waals surface area contributed by atoms with E-state index in [4.69, 9.17) is 4.74 Å². The highest BCUT2D eigenvalue weighted by Gasteiger charge is 2.20. The molecule has 0 radical (unpaired) electrons. The Morgan fingerprint density at radius 2 is 1.78 bits per heavy atom. The summed E-state index contributed by atoms with van der Waals surface area (Å²) in [6.07, 6.45) is 0.430. The minimum Gasteiger partial charge on any atom is -0.492 e. The van der Waals surface area contributed by atoms with Gasteiger partial charge in [-0.15, -0.1) is 0 Å². The van der Waals surface area contributed by atoms with Gasteiger partial charge in [0.25, 0.3) is 11.5 Å². The van der Waals surface area contributed by atoms with Crippen LogP contribution in [-0.2, 0) is 6.54 Å². The summed E-state index contributed by atoms with van der Waals surface area (Å²) in [5, 5.41) is 6.88. The van der Waals surface area contributed by atoms with Gasteiger partial charge in [-0.1, -0.05) is 43.3 Å². The summed E-state index contributed by atoms with van der Waals surface area (Å²) in [5.74, 6) is 0.108. The van der Waals surface area contributed by atoms with Gasteiger partial charge in [-0.05, 0) is 30.7 Å². The van der Waals surface area contributed by atoms with Crippen LogP contribution in [0.25, 0.3) is 0 Å². The van der Waals surface area contributed by atoms with Gasteiger partial charge in [-0.25, -0.2) is 4.68 Å². The third-order valence-electron chi connectivity index (χ3n) is 4.64. The molecule has 0 fully saturated rings. The molecule has 168 valence electrons. The lowest BCUT2D eigenvalue weighted by atomic mass is 10.0. The van der Waals surface area contributed by atoms with Gasteiger partial charge in [0, 0.05) is 11.6 Å². The highest BCUT2D eigenvalue weighted by atomic mass is 19.3. The summed E-state index contributed by atoms with van der Waals surface area (Å²) in [4.78, 5) is 24.9. The Bertz CT molecular complexity index is 1090. The van der Waals surface area contributed by atoms with Crippen molar-refractivity contribution in [2.24, 2.45) is 0 Å². The van der Waals surface area contributed by atoms with Crippen molar-refractivity contribution in [2.45, 2.75) is 32.5 Å². The number of carbonyl (C=O) groups excluding carboxylic acids is 1. The number of carbonyl (C=O) groups is 1. The third-order valence-corrected chi connectivity index (χ3v) is 4.64. The van der Waals surface area contributed by atoms with Crippen molar-refractivity contribution in [1.29, 1.82) is 0 Å². The fourth-order valence-electron chi connectivity index (χ4n) is 3.10. The predicted molar refractivity (Wildman–Crippen MR) is 114 cm³/mol. The second-order valence-corrected chi connectivity index (χ2v) is 6.79. The fourth-order valence-corrected chi connectivity index (χ4v) is 3.10. The van der Waals surface area contributed by atoms with Gasteiger partial charge < -0.3 is 14.8 Å². The molecule has 3 aromatic rings. The summed E-state index contributed by atoms with van der Waals surface area (Å²) in [5.41, 5.74) is 0.0733. The van der Waals surface area contributed by atoms with Gasteiger partial charge in [0.2, 0.25) is 0 Å². The average Bonchev–Trinajstić information content (AvgIpc) is 2.79. The molecule has 0 aliphatic rings. The third kappa shape index (κ3) is 6.13. The Morgan fingerprint density at radius 3 is 2.50 bits per heavy atom. The van der Waals surface area contributed by atoms with E-state index in [9.17, 15) is 18.4 Å². The number of nitrogens with zero attached hydrogens (tertiary/aromatic N) is 2. The van der Waals surface area contributed by atoms with Crippen molar-refractivity contribution < 1.29 is 23.0 Å². The SMILES string of the molecule is CCC(NC(=O)c1ccc(=O)n(CCOc2ccccc2)n1)c1ccccc1OC(F)F. The molecule has 0 saturated heterocycles. The minimum absolute atomic E-state index is 0.00867. The molecule has 9 heteroatoms. The molecule has 0 aliphatic carbocycles. The fraction of sp³-hybridized carbons (Fsp3) is 0.261. The number of para-hydroxylation sites is 2. The standard InChI is InChI=1S/C23H23F2N3O4/c1-2-18(17-10-6-7-11-20(17)32-23(24)25)26-22(30)19-12-13-21(29)28(27-19)14-15-31-16-8-4-3-5-9-16/h3-13,18,23H,2,14-15H2,1H3,(H,26,30). The van der Waals surface area contributed by atoms with E-state index in [-0.39, 0.29) is 30.2 Å². The number of aromatic nitrogens is 2. The number of hydrogen-bond donors (Lipinski definition) is 1. The summed E-state index contributed by atoms with van der Waals surface area (Å²) >= 11 is 0. The van der Waals surface area contributed by atoms with Crippen LogP contribution in [0.5, 0.6) is 11.5 Å². The van der Waals surface area contributed by atoms with Gasteiger partial charge in [0.15, 0.2) is 0 Å². The molecule has 2 aromatic carbocycles. The average molecular weight is 443 g/mol. The van der Waals surface area contributed by atoms with Crippen LogP contribution in [0.2, 0.25) is 0 Å². The lowest BCUT2D eigenvalue weighted by molar-refractivity contribution is -0.0506. The van der Waals surface area contributed by atoms with Crippen LogP contribution in [0.3, 0.4) is 0 Å². The number of halogens is 2. The van der Waals surface area contributed by atoms with Crippen molar-refractivity contribution in [1.82, 2.24) is 15.1 Å². The summed E-state index contributed by atoms with van der Waals surface area (Å²) < 4.78 is 36.7. The highest BCUT2D eigenvalue weighted by Crippen LogP contribution is 2.28. The molecule has 1 amide bonds. The Kier molecular flexibility index (Phi) is 7.91. The molecule has 0 bridgehead atoms. The van der Waals surface area contributed by atoms with Crippen molar-refractivity contribution >= 4 is 5.91 Å². The lowest BCUT2D eigenvalue weighted by Crippen LogP contribution is -2.33. The molecule has 0 spiro atoms. The van der Waals surface area contributed by atoms with E-state index in [2.05, 4.69) is 15.2 Å². The molecule has 0 saturated carbocycles. The first kappa shape index (κ1) is 22.9. The van der Waals surface area contributed by atoms with Crippen LogP contribution >= 0.6 is 0 Å². The van der Waals surface area contributed by atoms with Gasteiger partial charge in [-0.2, -0.15) is 13.9 Å². The van der Waals surface area contributed by atoms with Gasteiger partial charge in [0.05, 0.1) is 12.6 Å². The maximum Gasteiger partial charge on any atom is 0.387 e. The van der Waals surface area contributed by atoms with Crippen LogP contribution in [0.15, 0.2) is 71.5 Å². The zero-order valence-electron chi connectivity index (χ0n) is 17.4. The summed E-state index contributed by atoms with van der Waals surface area (Å²) in [6, 6.07) is 17.4. The van der Waals surface area contributed by atoms with E-state index in [1.165, 1.54) is 18.2 Å². The smallest absolute Gasteiger partial charge is 0.387 e. The number of alkyl halides is 2. The number of amides is 1. The number of rotatable bonds is 10. The maximum atomic E-state index is 12.8. The largest absolute Gasteiger partial charge is 0.492 e. The Labute approximate surface area is 183 Å².